The number of anilines is 2. The van der Waals surface area contributed by atoms with Crippen LogP contribution in [0.25, 0.3) is 0 Å². The summed E-state index contributed by atoms with van der Waals surface area (Å²) in [4.78, 5) is 22.2. The summed E-state index contributed by atoms with van der Waals surface area (Å²) in [5.41, 5.74) is 8.72. The number of nitrogens with two attached hydrogens (primary N) is 1. The van der Waals surface area contributed by atoms with Crippen molar-refractivity contribution in [2.75, 3.05) is 18.2 Å². The van der Waals surface area contributed by atoms with Crippen molar-refractivity contribution in [3.05, 3.63) is 93.5 Å². The Bertz CT molecular complexity index is 1390. The van der Waals surface area contributed by atoms with E-state index >= 15 is 4.39 Å². The molecule has 1 aromatic heterocycles. The number of amides is 1. The zero-order chi connectivity index (χ0) is 25.1. The molecule has 3 aromatic rings. The first-order valence-corrected chi connectivity index (χ1v) is 10.9. The molecule has 0 saturated carbocycles. The Labute approximate surface area is 206 Å². The van der Waals surface area contributed by atoms with Crippen LogP contribution < -0.4 is 21.1 Å². The summed E-state index contributed by atoms with van der Waals surface area (Å²) in [6.45, 7) is 1.72. The number of ether oxygens (including phenoxy) is 1. The molecule has 1 unspecified atom stereocenters. The molecular formula is C25H22ClFN6O2. The molecule has 0 radical (unpaired) electrons. The summed E-state index contributed by atoms with van der Waals surface area (Å²) in [6.07, 6.45) is 2.67. The molecule has 0 aliphatic carbocycles. The van der Waals surface area contributed by atoms with Crippen LogP contribution in [-0.2, 0) is 4.79 Å². The number of amidine groups is 1. The molecule has 0 fully saturated rings. The van der Waals surface area contributed by atoms with Gasteiger partial charge in [0.05, 0.1) is 12.7 Å². The van der Waals surface area contributed by atoms with Crippen LogP contribution in [0.5, 0.6) is 5.88 Å². The average molecular weight is 493 g/mol. The Balaban J connectivity index is 1.77. The van der Waals surface area contributed by atoms with Gasteiger partial charge in [0, 0.05) is 57.3 Å². The molecule has 1 aliphatic heterocycles. The Morgan fingerprint density at radius 2 is 2.06 bits per heavy atom. The van der Waals surface area contributed by atoms with E-state index < -0.39 is 17.8 Å². The standard InChI is InChI=1S/C25H22ClFN6O2/c1-13-22(25(34)32-17-4-6-20(29)15(9-17)12-28)23(18-5-3-16(26)11-19(18)27)33-24(31-13)14-7-8-30-21(10-14)35-2/h3-12,23,28H,29H2,1-2H3,(H,31,33)(H,32,34). The number of halogens is 2. The lowest BCUT2D eigenvalue weighted by molar-refractivity contribution is -0.113. The number of carbonyl (C=O) groups excluding carboxylic acids is 1. The number of hydrogen-bond donors (Lipinski definition) is 4. The van der Waals surface area contributed by atoms with Gasteiger partial charge in [-0.3, -0.25) is 9.79 Å². The summed E-state index contributed by atoms with van der Waals surface area (Å²) in [5.74, 6) is -0.254. The number of pyridine rings is 1. The molecule has 1 aliphatic rings. The molecule has 10 heteroatoms. The highest BCUT2D eigenvalue weighted by Gasteiger charge is 2.31. The van der Waals surface area contributed by atoms with Crippen LogP contribution in [0.1, 0.15) is 29.7 Å². The predicted molar refractivity (Wildman–Crippen MR) is 135 cm³/mol. The molecule has 2 heterocycles. The van der Waals surface area contributed by atoms with E-state index in [0.29, 0.717) is 39.9 Å². The number of nitrogen functional groups attached to an aromatic ring is 1. The minimum Gasteiger partial charge on any atom is -0.481 e. The summed E-state index contributed by atoms with van der Waals surface area (Å²) in [6, 6.07) is 11.5. The molecular weight excluding hydrogens is 471 g/mol. The van der Waals surface area contributed by atoms with Crippen LogP contribution >= 0.6 is 11.6 Å². The predicted octanol–water partition coefficient (Wildman–Crippen LogP) is 4.47. The summed E-state index contributed by atoms with van der Waals surface area (Å²) in [7, 11) is 1.50. The first-order chi connectivity index (χ1) is 16.8. The van der Waals surface area contributed by atoms with E-state index in [4.69, 9.17) is 32.5 Å². The number of aromatic nitrogens is 1. The first kappa shape index (κ1) is 23.9. The first-order valence-electron chi connectivity index (χ1n) is 10.5. The Kier molecular flexibility index (Phi) is 6.79. The van der Waals surface area contributed by atoms with Crippen molar-refractivity contribution in [1.29, 1.82) is 5.41 Å². The minimum absolute atomic E-state index is 0.191. The molecule has 1 amide bonds. The molecule has 2 aromatic carbocycles. The SMILES string of the molecule is COc1cc(C2=NC(c3ccc(Cl)cc3F)C(C(=O)Nc3ccc(N)c(C=N)c3)=C(C)N2)ccn1. The van der Waals surface area contributed by atoms with Gasteiger partial charge >= 0.3 is 0 Å². The van der Waals surface area contributed by atoms with Crippen LogP contribution in [0.4, 0.5) is 15.8 Å². The largest absolute Gasteiger partial charge is 0.481 e. The third kappa shape index (κ3) is 4.99. The van der Waals surface area contributed by atoms with Gasteiger partial charge in [0.1, 0.15) is 17.7 Å². The van der Waals surface area contributed by atoms with E-state index in [9.17, 15) is 4.79 Å². The van der Waals surface area contributed by atoms with Crippen molar-refractivity contribution < 1.29 is 13.9 Å². The van der Waals surface area contributed by atoms with Gasteiger partial charge in [-0.1, -0.05) is 17.7 Å². The van der Waals surface area contributed by atoms with Gasteiger partial charge < -0.3 is 26.5 Å². The lowest BCUT2D eigenvalue weighted by atomic mass is 9.94. The fourth-order valence-corrected chi connectivity index (χ4v) is 3.87. The summed E-state index contributed by atoms with van der Waals surface area (Å²) in [5, 5.41) is 13.7. The van der Waals surface area contributed by atoms with Gasteiger partial charge in [-0.05, 0) is 43.3 Å². The molecule has 0 bridgehead atoms. The van der Waals surface area contributed by atoms with Crippen LogP contribution in [0.15, 0.2) is 71.0 Å². The minimum atomic E-state index is -0.960. The van der Waals surface area contributed by atoms with Gasteiger partial charge in [0.25, 0.3) is 5.91 Å². The van der Waals surface area contributed by atoms with Gasteiger partial charge in [0.2, 0.25) is 5.88 Å². The zero-order valence-electron chi connectivity index (χ0n) is 18.9. The van der Waals surface area contributed by atoms with Gasteiger partial charge in [-0.2, -0.15) is 0 Å². The van der Waals surface area contributed by atoms with Crippen LogP contribution in [-0.4, -0.2) is 30.1 Å². The van der Waals surface area contributed by atoms with E-state index in [1.54, 1.807) is 49.5 Å². The molecule has 0 saturated heterocycles. The molecule has 178 valence electrons. The highest BCUT2D eigenvalue weighted by atomic mass is 35.5. The van der Waals surface area contributed by atoms with Crippen LogP contribution in [0.3, 0.4) is 0 Å². The summed E-state index contributed by atoms with van der Waals surface area (Å²) >= 11 is 5.96. The summed E-state index contributed by atoms with van der Waals surface area (Å²) < 4.78 is 20.2. The van der Waals surface area contributed by atoms with Crippen molar-refractivity contribution in [3.8, 4) is 5.88 Å². The number of rotatable bonds is 6. The Morgan fingerprint density at radius 1 is 1.26 bits per heavy atom. The average Bonchev–Trinajstić information content (AvgIpc) is 2.84. The quantitative estimate of drug-likeness (QED) is 0.298. The van der Waals surface area contributed by atoms with E-state index in [1.165, 1.54) is 19.2 Å². The lowest BCUT2D eigenvalue weighted by Crippen LogP contribution is -2.34. The molecule has 1 atom stereocenters. The normalized spacial score (nSPS) is 15.2. The molecule has 0 spiro atoms. The highest BCUT2D eigenvalue weighted by Crippen LogP contribution is 2.35. The van der Waals surface area contributed by atoms with E-state index in [2.05, 4.69) is 15.6 Å². The number of carbonyl (C=O) groups is 1. The number of hydrogen-bond acceptors (Lipinski definition) is 7. The van der Waals surface area contributed by atoms with Crippen LogP contribution in [0.2, 0.25) is 5.02 Å². The Morgan fingerprint density at radius 3 is 2.77 bits per heavy atom. The molecule has 4 rings (SSSR count). The molecule has 8 nitrogen and oxygen atoms in total. The van der Waals surface area contributed by atoms with E-state index in [0.717, 1.165) is 6.21 Å². The van der Waals surface area contributed by atoms with Crippen LogP contribution in [0, 0.1) is 11.2 Å². The number of methoxy groups -OCH3 is 1. The van der Waals surface area contributed by atoms with Crippen molar-refractivity contribution in [2.45, 2.75) is 13.0 Å². The van der Waals surface area contributed by atoms with Gasteiger partial charge in [-0.15, -0.1) is 0 Å². The number of benzene rings is 2. The fraction of sp³-hybridized carbons (Fsp3) is 0.120. The number of nitrogens with zero attached hydrogens (tertiary/aromatic N) is 2. The monoisotopic (exact) mass is 492 g/mol. The maximum Gasteiger partial charge on any atom is 0.255 e. The van der Waals surface area contributed by atoms with Crippen molar-refractivity contribution in [1.82, 2.24) is 10.3 Å². The van der Waals surface area contributed by atoms with Gasteiger partial charge in [-0.25, -0.2) is 9.37 Å². The number of aliphatic imine (C=N–C) groups is 1. The van der Waals surface area contributed by atoms with E-state index in [-0.39, 0.29) is 16.2 Å². The topological polar surface area (TPSA) is 125 Å². The Hall–Kier alpha value is -4.24. The third-order valence-corrected chi connectivity index (χ3v) is 5.70. The van der Waals surface area contributed by atoms with Crippen molar-refractivity contribution in [2.24, 2.45) is 4.99 Å². The van der Waals surface area contributed by atoms with Crippen molar-refractivity contribution >= 4 is 40.9 Å². The molecule has 5 N–H and O–H groups in total. The smallest absolute Gasteiger partial charge is 0.255 e. The van der Waals surface area contributed by atoms with E-state index in [1.807, 2.05) is 0 Å². The maximum absolute atomic E-state index is 15.0. The fourth-order valence-electron chi connectivity index (χ4n) is 3.71. The zero-order valence-corrected chi connectivity index (χ0v) is 19.7. The lowest BCUT2D eigenvalue weighted by Gasteiger charge is -2.27. The number of nitrogens with one attached hydrogen (secondary N) is 3. The van der Waals surface area contributed by atoms with Crippen molar-refractivity contribution in [3.63, 3.8) is 0 Å². The maximum atomic E-state index is 15.0. The van der Waals surface area contributed by atoms with Gasteiger partial charge in [0.15, 0.2) is 0 Å². The molecule has 35 heavy (non-hydrogen) atoms. The second-order valence-corrected chi connectivity index (χ2v) is 8.18. The second kappa shape index (κ2) is 9.94. The highest BCUT2D eigenvalue weighted by molar-refractivity contribution is 6.30. The second-order valence-electron chi connectivity index (χ2n) is 7.74. The number of allylic oxidation sites excluding steroid dienone is 1. The third-order valence-electron chi connectivity index (χ3n) is 5.46.